The van der Waals surface area contributed by atoms with Gasteiger partial charge in [0.25, 0.3) is 0 Å². The van der Waals surface area contributed by atoms with E-state index >= 15 is 0 Å². The first-order valence-electron chi connectivity index (χ1n) is 6.78. The third kappa shape index (κ3) is 3.22. The number of rotatable bonds is 2. The molecule has 0 spiro atoms. The fourth-order valence-corrected chi connectivity index (χ4v) is 2.98. The van der Waals surface area contributed by atoms with E-state index in [-0.39, 0.29) is 5.56 Å². The molecule has 23 heavy (non-hydrogen) atoms. The molecule has 0 saturated heterocycles. The number of hydrogen-bond acceptors (Lipinski definition) is 3. The van der Waals surface area contributed by atoms with Gasteiger partial charge < -0.3 is 5.11 Å². The smallest absolute Gasteiger partial charge is 0.416 e. The van der Waals surface area contributed by atoms with Gasteiger partial charge in [-0.2, -0.15) is 13.2 Å². The minimum atomic E-state index is -4.48. The van der Waals surface area contributed by atoms with Crippen molar-refractivity contribution in [3.05, 3.63) is 59.0 Å². The first-order valence-corrected chi connectivity index (χ1v) is 7.66. The van der Waals surface area contributed by atoms with Crippen molar-refractivity contribution >= 4 is 11.3 Å². The van der Waals surface area contributed by atoms with E-state index in [0.717, 1.165) is 28.3 Å². The summed E-state index contributed by atoms with van der Waals surface area (Å²) in [6.45, 7) is 1.98. The number of hydrogen-bond donors (Lipinski definition) is 1. The van der Waals surface area contributed by atoms with Crippen molar-refractivity contribution in [1.82, 2.24) is 4.98 Å². The Morgan fingerprint density at radius 3 is 2.35 bits per heavy atom. The zero-order chi connectivity index (χ0) is 16.6. The van der Waals surface area contributed by atoms with E-state index < -0.39 is 17.5 Å². The lowest BCUT2D eigenvalue weighted by Crippen LogP contribution is -2.04. The molecule has 0 radical (unpaired) electrons. The molecule has 0 amide bonds. The third-order valence-electron chi connectivity index (χ3n) is 3.40. The minimum Gasteiger partial charge on any atom is -0.507 e. The lowest BCUT2D eigenvalue weighted by atomic mass is 10.1. The predicted octanol–water partition coefficient (Wildman–Crippen LogP) is 5.51. The van der Waals surface area contributed by atoms with E-state index in [0.29, 0.717) is 5.69 Å². The molecule has 0 aliphatic heterocycles. The Morgan fingerprint density at radius 2 is 1.74 bits per heavy atom. The summed E-state index contributed by atoms with van der Waals surface area (Å²) in [6.07, 6.45) is -4.48. The molecule has 3 aromatic rings. The zero-order valence-electron chi connectivity index (χ0n) is 12.1. The van der Waals surface area contributed by atoms with Gasteiger partial charge in [-0.25, -0.2) is 4.98 Å². The number of phenols is 1. The first-order chi connectivity index (χ1) is 10.8. The van der Waals surface area contributed by atoms with Gasteiger partial charge in [-0.05, 0) is 25.1 Å². The first kappa shape index (κ1) is 15.6. The summed E-state index contributed by atoms with van der Waals surface area (Å²) in [5.41, 5.74) is 1.92. The van der Waals surface area contributed by atoms with Gasteiger partial charge in [0.2, 0.25) is 0 Å². The van der Waals surface area contributed by atoms with Crippen LogP contribution in [0.2, 0.25) is 0 Å². The van der Waals surface area contributed by atoms with Crippen LogP contribution in [0.15, 0.2) is 47.8 Å². The normalized spacial score (nSPS) is 11.7. The second-order valence-corrected chi connectivity index (χ2v) is 5.99. The predicted molar refractivity (Wildman–Crippen MR) is 84.4 cm³/mol. The second-order valence-electron chi connectivity index (χ2n) is 5.13. The van der Waals surface area contributed by atoms with Crippen molar-refractivity contribution < 1.29 is 18.3 Å². The number of halogens is 3. The molecule has 6 heteroatoms. The van der Waals surface area contributed by atoms with E-state index in [2.05, 4.69) is 4.98 Å². The standard InChI is InChI=1S/C17H12F3NOS/c1-10-2-4-11(5-3-10)16-21-14(9-23-16)13-7-6-12(8-15(13)22)17(18,19)20/h2-9,22H,1H3. The Bertz CT molecular complexity index is 838. The van der Waals surface area contributed by atoms with Crippen LogP contribution < -0.4 is 0 Å². The van der Waals surface area contributed by atoms with E-state index in [1.165, 1.54) is 17.4 Å². The summed E-state index contributed by atoms with van der Waals surface area (Å²) in [5, 5.41) is 12.4. The number of alkyl halides is 3. The quantitative estimate of drug-likeness (QED) is 0.670. The maximum Gasteiger partial charge on any atom is 0.416 e. The molecule has 1 N–H and O–H groups in total. The highest BCUT2D eigenvalue weighted by Gasteiger charge is 2.31. The summed E-state index contributed by atoms with van der Waals surface area (Å²) >= 11 is 1.38. The van der Waals surface area contributed by atoms with Gasteiger partial charge in [0, 0.05) is 16.5 Å². The monoisotopic (exact) mass is 335 g/mol. The van der Waals surface area contributed by atoms with Crippen LogP contribution in [0.5, 0.6) is 5.75 Å². The second kappa shape index (κ2) is 5.70. The topological polar surface area (TPSA) is 33.1 Å². The minimum absolute atomic E-state index is 0.285. The van der Waals surface area contributed by atoms with Crippen LogP contribution in [0, 0.1) is 6.92 Å². The lowest BCUT2D eigenvalue weighted by Gasteiger charge is -2.08. The van der Waals surface area contributed by atoms with Crippen molar-refractivity contribution in [2.45, 2.75) is 13.1 Å². The molecular formula is C17H12F3NOS. The van der Waals surface area contributed by atoms with Crippen LogP contribution in [0.25, 0.3) is 21.8 Å². The van der Waals surface area contributed by atoms with Crippen molar-refractivity contribution in [3.63, 3.8) is 0 Å². The maximum atomic E-state index is 12.6. The Morgan fingerprint density at radius 1 is 1.04 bits per heavy atom. The Hall–Kier alpha value is -2.34. The molecule has 2 aromatic carbocycles. The molecule has 2 nitrogen and oxygen atoms in total. The van der Waals surface area contributed by atoms with Crippen LogP contribution >= 0.6 is 11.3 Å². The molecule has 0 fully saturated rings. The zero-order valence-corrected chi connectivity index (χ0v) is 12.9. The van der Waals surface area contributed by atoms with Gasteiger partial charge in [-0.3, -0.25) is 0 Å². The maximum absolute atomic E-state index is 12.6. The molecule has 0 atom stereocenters. The van der Waals surface area contributed by atoms with Gasteiger partial charge in [-0.15, -0.1) is 11.3 Å². The van der Waals surface area contributed by atoms with Gasteiger partial charge in [0.1, 0.15) is 10.8 Å². The number of phenolic OH excluding ortho intramolecular Hbond substituents is 1. The average molecular weight is 335 g/mol. The highest BCUT2D eigenvalue weighted by atomic mass is 32.1. The average Bonchev–Trinajstić information content (AvgIpc) is 2.96. The number of benzene rings is 2. The van der Waals surface area contributed by atoms with E-state index in [1.807, 2.05) is 31.2 Å². The van der Waals surface area contributed by atoms with Gasteiger partial charge in [0.05, 0.1) is 11.3 Å². The number of thiazole rings is 1. The molecule has 3 rings (SSSR count). The Balaban J connectivity index is 1.96. The molecule has 0 unspecified atom stereocenters. The molecule has 0 bridgehead atoms. The molecule has 0 aliphatic carbocycles. The van der Waals surface area contributed by atoms with Crippen LogP contribution in [0.3, 0.4) is 0 Å². The Kier molecular flexibility index (Phi) is 3.85. The Labute approximate surface area is 134 Å². The van der Waals surface area contributed by atoms with Gasteiger partial charge in [0.15, 0.2) is 0 Å². The van der Waals surface area contributed by atoms with Crippen molar-refractivity contribution in [2.75, 3.05) is 0 Å². The van der Waals surface area contributed by atoms with Gasteiger partial charge in [-0.1, -0.05) is 29.8 Å². The van der Waals surface area contributed by atoms with Crippen molar-refractivity contribution in [1.29, 1.82) is 0 Å². The summed E-state index contributed by atoms with van der Waals surface area (Å²) in [7, 11) is 0. The van der Waals surface area contributed by atoms with Crippen LogP contribution in [0.1, 0.15) is 11.1 Å². The van der Waals surface area contributed by atoms with E-state index in [1.54, 1.807) is 5.38 Å². The lowest BCUT2D eigenvalue weighted by molar-refractivity contribution is -0.137. The molecular weight excluding hydrogens is 323 g/mol. The van der Waals surface area contributed by atoms with Crippen LogP contribution in [0.4, 0.5) is 13.2 Å². The third-order valence-corrected chi connectivity index (χ3v) is 4.30. The van der Waals surface area contributed by atoms with Crippen LogP contribution in [-0.2, 0) is 6.18 Å². The number of aryl methyl sites for hydroxylation is 1. The highest BCUT2D eigenvalue weighted by Crippen LogP contribution is 2.37. The fourth-order valence-electron chi connectivity index (χ4n) is 2.15. The van der Waals surface area contributed by atoms with Crippen LogP contribution in [-0.4, -0.2) is 10.1 Å². The van der Waals surface area contributed by atoms with Crippen molar-refractivity contribution in [2.24, 2.45) is 0 Å². The van der Waals surface area contributed by atoms with E-state index in [9.17, 15) is 18.3 Å². The molecule has 1 aromatic heterocycles. The fraction of sp³-hybridized carbons (Fsp3) is 0.118. The molecule has 1 heterocycles. The number of nitrogens with zero attached hydrogens (tertiary/aromatic N) is 1. The van der Waals surface area contributed by atoms with E-state index in [4.69, 9.17) is 0 Å². The largest absolute Gasteiger partial charge is 0.507 e. The molecule has 0 aliphatic rings. The molecule has 0 saturated carbocycles. The number of aromatic nitrogens is 1. The highest BCUT2D eigenvalue weighted by molar-refractivity contribution is 7.13. The SMILES string of the molecule is Cc1ccc(-c2nc(-c3ccc(C(F)(F)F)cc3O)cs2)cc1. The summed E-state index contributed by atoms with van der Waals surface area (Å²) < 4.78 is 37.9. The summed E-state index contributed by atoms with van der Waals surface area (Å²) in [6, 6.07) is 10.7. The van der Waals surface area contributed by atoms with Gasteiger partial charge >= 0.3 is 6.18 Å². The molecule has 118 valence electrons. The number of aromatic hydroxyl groups is 1. The van der Waals surface area contributed by atoms with Crippen molar-refractivity contribution in [3.8, 4) is 27.6 Å². The summed E-state index contributed by atoms with van der Waals surface area (Å²) in [4.78, 5) is 4.41. The summed E-state index contributed by atoms with van der Waals surface area (Å²) in [5.74, 6) is -0.430.